The largest absolute Gasteiger partial charge is 0.375 e. The van der Waals surface area contributed by atoms with Crippen molar-refractivity contribution < 1.29 is 23.9 Å². The molecule has 1 saturated heterocycles. The zero-order chi connectivity index (χ0) is 23.1. The molecule has 2 atom stereocenters. The number of likely N-dealkylation sites (tertiary alicyclic amines) is 1. The van der Waals surface area contributed by atoms with Crippen molar-refractivity contribution in [2.75, 3.05) is 26.8 Å². The lowest BCUT2D eigenvalue weighted by Gasteiger charge is -2.39. The monoisotopic (exact) mass is 439 g/mol. The predicted octanol–water partition coefficient (Wildman–Crippen LogP) is -0.304. The maximum Gasteiger partial charge on any atom is 0.309 e. The van der Waals surface area contributed by atoms with E-state index in [-0.39, 0.29) is 25.0 Å². The number of hydrogen-bond donors (Lipinski definition) is 3. The van der Waals surface area contributed by atoms with Crippen LogP contribution in [0.15, 0.2) is 48.8 Å². The van der Waals surface area contributed by atoms with E-state index >= 15 is 0 Å². The van der Waals surface area contributed by atoms with Crippen molar-refractivity contribution in [1.29, 1.82) is 0 Å². The second kappa shape index (κ2) is 10.5. The number of primary amides is 1. The third kappa shape index (κ3) is 5.67. The Hall–Kier alpha value is -3.79. The van der Waals surface area contributed by atoms with Crippen LogP contribution in [0.3, 0.4) is 0 Å². The molecule has 1 aromatic carbocycles. The molecule has 3 rings (SSSR count). The summed E-state index contributed by atoms with van der Waals surface area (Å²) in [5.41, 5.74) is 7.37. The number of methoxy groups -OCH3 is 1. The van der Waals surface area contributed by atoms with E-state index in [9.17, 15) is 19.2 Å². The molecule has 0 saturated carbocycles. The Morgan fingerprint density at radius 1 is 1.03 bits per heavy atom. The minimum atomic E-state index is -1.11. The molecule has 2 aromatic rings. The highest BCUT2D eigenvalue weighted by Crippen LogP contribution is 2.19. The molecule has 4 N–H and O–H groups in total. The second-order valence-corrected chi connectivity index (χ2v) is 7.40. The minimum Gasteiger partial charge on any atom is -0.375 e. The first kappa shape index (κ1) is 22.9. The van der Waals surface area contributed by atoms with Gasteiger partial charge in [-0.05, 0) is 41.8 Å². The van der Waals surface area contributed by atoms with E-state index in [0.717, 1.165) is 11.1 Å². The van der Waals surface area contributed by atoms with Gasteiger partial charge in [-0.15, -0.1) is 0 Å². The average molecular weight is 439 g/mol. The summed E-state index contributed by atoms with van der Waals surface area (Å²) in [5, 5.41) is 5.41. The number of pyridine rings is 1. The smallest absolute Gasteiger partial charge is 0.309 e. The second-order valence-electron chi connectivity index (χ2n) is 7.40. The number of carbonyl (C=O) groups is 4. The summed E-state index contributed by atoms with van der Waals surface area (Å²) in [4.78, 5) is 53.6. The molecule has 0 aliphatic carbocycles. The van der Waals surface area contributed by atoms with Crippen molar-refractivity contribution in [3.8, 4) is 11.1 Å². The van der Waals surface area contributed by atoms with Gasteiger partial charge in [-0.3, -0.25) is 24.2 Å². The number of nitrogens with zero attached hydrogens (tertiary/aromatic N) is 2. The summed E-state index contributed by atoms with van der Waals surface area (Å²) in [6, 6.07) is 9.61. The van der Waals surface area contributed by atoms with Crippen molar-refractivity contribution in [3.63, 3.8) is 0 Å². The lowest BCUT2D eigenvalue weighted by atomic mass is 9.98. The van der Waals surface area contributed by atoms with Crippen LogP contribution in [0.1, 0.15) is 16.8 Å². The molecule has 0 bridgehead atoms. The molecule has 0 radical (unpaired) electrons. The standard InChI is InChI=1S/C22H25N5O5/c1-32-13-19(28)27-11-8-17(25-22(31)20(23)29)18(12-27)26-21(30)16-4-2-14(3-5-16)15-6-9-24-10-7-15/h2-7,9-10,17-18H,8,11-13H2,1H3,(H2,23,29)(H,25,31)(H,26,30)/t17-,18+/m0/s1. The zero-order valence-corrected chi connectivity index (χ0v) is 17.6. The third-order valence-electron chi connectivity index (χ3n) is 5.25. The Balaban J connectivity index is 1.73. The van der Waals surface area contributed by atoms with Crippen molar-refractivity contribution in [2.24, 2.45) is 5.73 Å². The SMILES string of the molecule is COCC(=O)N1CC[C@H](NC(=O)C(N)=O)[C@H](NC(=O)c2ccc(-c3ccncc3)cc2)C1. The molecule has 1 fully saturated rings. The number of benzene rings is 1. The fraction of sp³-hybridized carbons (Fsp3) is 0.318. The van der Waals surface area contributed by atoms with E-state index in [1.165, 1.54) is 7.11 Å². The van der Waals surface area contributed by atoms with Gasteiger partial charge in [0.2, 0.25) is 5.91 Å². The van der Waals surface area contributed by atoms with Gasteiger partial charge in [0.25, 0.3) is 5.91 Å². The maximum absolute atomic E-state index is 12.9. The minimum absolute atomic E-state index is 0.0879. The Morgan fingerprint density at radius 2 is 1.69 bits per heavy atom. The first-order valence-corrected chi connectivity index (χ1v) is 10.1. The number of ether oxygens (including phenoxy) is 1. The summed E-state index contributed by atoms with van der Waals surface area (Å²) in [5.74, 6) is -2.64. The molecule has 0 spiro atoms. The topological polar surface area (TPSA) is 144 Å². The molecule has 10 heteroatoms. The van der Waals surface area contributed by atoms with Crippen LogP contribution in [0, 0.1) is 0 Å². The van der Waals surface area contributed by atoms with Crippen molar-refractivity contribution >= 4 is 23.6 Å². The quantitative estimate of drug-likeness (QED) is 0.527. The number of aromatic nitrogens is 1. The fourth-order valence-corrected chi connectivity index (χ4v) is 3.56. The van der Waals surface area contributed by atoms with Crippen molar-refractivity contribution in [1.82, 2.24) is 20.5 Å². The number of rotatable bonds is 6. The number of hydrogen-bond acceptors (Lipinski definition) is 6. The first-order chi connectivity index (χ1) is 15.4. The summed E-state index contributed by atoms with van der Waals surface area (Å²) >= 11 is 0. The molecule has 1 aliphatic rings. The van der Waals surface area contributed by atoms with E-state index < -0.39 is 23.9 Å². The molecule has 168 valence electrons. The molecule has 2 heterocycles. The Bertz CT molecular complexity index is 980. The van der Waals surface area contributed by atoms with Crippen molar-refractivity contribution in [2.45, 2.75) is 18.5 Å². The summed E-state index contributed by atoms with van der Waals surface area (Å²) < 4.78 is 4.90. The number of nitrogens with one attached hydrogen (secondary N) is 2. The van der Waals surface area contributed by atoms with Gasteiger partial charge in [-0.25, -0.2) is 0 Å². The lowest BCUT2D eigenvalue weighted by molar-refractivity contribution is -0.139. The average Bonchev–Trinajstić information content (AvgIpc) is 2.80. The van der Waals surface area contributed by atoms with Gasteiger partial charge < -0.3 is 26.0 Å². The van der Waals surface area contributed by atoms with Crippen LogP contribution in [0.2, 0.25) is 0 Å². The molecule has 4 amide bonds. The van der Waals surface area contributed by atoms with E-state index in [4.69, 9.17) is 10.5 Å². The Kier molecular flexibility index (Phi) is 7.50. The van der Waals surface area contributed by atoms with Gasteiger partial charge in [-0.1, -0.05) is 12.1 Å². The first-order valence-electron chi connectivity index (χ1n) is 10.1. The van der Waals surface area contributed by atoms with Gasteiger partial charge in [-0.2, -0.15) is 0 Å². The number of nitrogens with two attached hydrogens (primary N) is 1. The highest BCUT2D eigenvalue weighted by atomic mass is 16.5. The van der Waals surface area contributed by atoms with E-state index in [2.05, 4.69) is 15.6 Å². The van der Waals surface area contributed by atoms with E-state index in [1.807, 2.05) is 24.3 Å². The van der Waals surface area contributed by atoms with E-state index in [1.54, 1.807) is 29.4 Å². The Labute approximate surface area is 185 Å². The molecular formula is C22H25N5O5. The number of piperidine rings is 1. The van der Waals surface area contributed by atoms with Crippen molar-refractivity contribution in [3.05, 3.63) is 54.4 Å². The van der Waals surface area contributed by atoms with Gasteiger partial charge in [0, 0.05) is 38.2 Å². The third-order valence-corrected chi connectivity index (χ3v) is 5.25. The van der Waals surface area contributed by atoms with Gasteiger partial charge in [0.15, 0.2) is 0 Å². The number of carbonyl (C=O) groups excluding carboxylic acids is 4. The molecule has 0 unspecified atom stereocenters. The summed E-state index contributed by atoms with van der Waals surface area (Å²) in [6.07, 6.45) is 3.73. The van der Waals surface area contributed by atoms with E-state index in [0.29, 0.717) is 18.5 Å². The normalized spacial score (nSPS) is 18.0. The lowest BCUT2D eigenvalue weighted by Crippen LogP contribution is -2.62. The zero-order valence-electron chi connectivity index (χ0n) is 17.6. The molecule has 32 heavy (non-hydrogen) atoms. The Morgan fingerprint density at radius 3 is 2.31 bits per heavy atom. The van der Waals surface area contributed by atoms with Gasteiger partial charge in [0.1, 0.15) is 6.61 Å². The predicted molar refractivity (Wildman–Crippen MR) is 115 cm³/mol. The maximum atomic E-state index is 12.9. The number of amides is 4. The molecule has 1 aliphatic heterocycles. The van der Waals surface area contributed by atoms with Crippen LogP contribution >= 0.6 is 0 Å². The summed E-state index contributed by atoms with van der Waals surface area (Å²) in [6.45, 7) is 0.418. The van der Waals surface area contributed by atoms with Crippen LogP contribution < -0.4 is 16.4 Å². The van der Waals surface area contributed by atoms with Crippen LogP contribution in [-0.2, 0) is 19.1 Å². The fourth-order valence-electron chi connectivity index (χ4n) is 3.56. The van der Waals surface area contributed by atoms with Gasteiger partial charge in [0.05, 0.1) is 12.1 Å². The van der Waals surface area contributed by atoms with Crippen LogP contribution in [0.5, 0.6) is 0 Å². The summed E-state index contributed by atoms with van der Waals surface area (Å²) in [7, 11) is 1.42. The van der Waals surface area contributed by atoms with Crippen LogP contribution in [0.4, 0.5) is 0 Å². The molecule has 10 nitrogen and oxygen atoms in total. The van der Waals surface area contributed by atoms with Gasteiger partial charge >= 0.3 is 11.8 Å². The highest BCUT2D eigenvalue weighted by Gasteiger charge is 2.34. The highest BCUT2D eigenvalue weighted by molar-refractivity contribution is 6.34. The van der Waals surface area contributed by atoms with Crippen LogP contribution in [-0.4, -0.2) is 72.4 Å². The van der Waals surface area contributed by atoms with Crippen LogP contribution in [0.25, 0.3) is 11.1 Å². The molecular weight excluding hydrogens is 414 g/mol. The molecule has 1 aromatic heterocycles.